The number of hydrogen-bond acceptors (Lipinski definition) is 4. The molecule has 0 saturated heterocycles. The van der Waals surface area contributed by atoms with Crippen molar-refractivity contribution in [2.75, 3.05) is 24.2 Å². The van der Waals surface area contributed by atoms with E-state index in [-0.39, 0.29) is 17.6 Å². The maximum Gasteiger partial charge on any atom is 0.241 e. The molecule has 0 fully saturated rings. The van der Waals surface area contributed by atoms with E-state index in [1.165, 1.54) is 13.2 Å². The zero-order valence-electron chi connectivity index (χ0n) is 15.7. The lowest BCUT2D eigenvalue weighted by atomic mass is 10.1. The van der Waals surface area contributed by atoms with Crippen LogP contribution in [-0.2, 0) is 14.8 Å². The molecule has 0 bridgehead atoms. The smallest absolute Gasteiger partial charge is 0.241 e. The first-order chi connectivity index (χ1) is 12.6. The summed E-state index contributed by atoms with van der Waals surface area (Å²) in [6.45, 7) is 3.48. The Labute approximate surface area is 165 Å². The molecule has 0 spiro atoms. The highest BCUT2D eigenvalue weighted by Crippen LogP contribution is 2.30. The number of nitrogens with zero attached hydrogens (tertiary/aromatic N) is 1. The maximum absolute atomic E-state index is 12.5. The number of rotatable bonds is 7. The van der Waals surface area contributed by atoms with Gasteiger partial charge in [0.25, 0.3) is 0 Å². The molecule has 146 valence electrons. The zero-order valence-corrected chi connectivity index (χ0v) is 17.3. The van der Waals surface area contributed by atoms with Gasteiger partial charge in [-0.1, -0.05) is 41.4 Å². The van der Waals surface area contributed by atoms with Crippen LogP contribution in [0.1, 0.15) is 24.1 Å². The SMILES string of the molecule is COc1ccc(N(CC(=O)NC(C)c2ccc(C)cc2)S(C)(=O)=O)cc1Cl. The van der Waals surface area contributed by atoms with Crippen molar-refractivity contribution in [1.29, 1.82) is 0 Å². The van der Waals surface area contributed by atoms with Crippen molar-refractivity contribution in [3.8, 4) is 5.75 Å². The summed E-state index contributed by atoms with van der Waals surface area (Å²) in [5.74, 6) is 0.00625. The van der Waals surface area contributed by atoms with Crippen LogP contribution in [0.2, 0.25) is 5.02 Å². The van der Waals surface area contributed by atoms with E-state index >= 15 is 0 Å². The molecule has 0 heterocycles. The van der Waals surface area contributed by atoms with Crippen LogP contribution in [0, 0.1) is 6.92 Å². The topological polar surface area (TPSA) is 75.7 Å². The van der Waals surface area contributed by atoms with Crippen molar-refractivity contribution >= 4 is 33.2 Å². The molecule has 1 unspecified atom stereocenters. The Morgan fingerprint density at radius 3 is 2.37 bits per heavy atom. The van der Waals surface area contributed by atoms with Crippen molar-refractivity contribution in [2.45, 2.75) is 19.9 Å². The minimum absolute atomic E-state index is 0.251. The molecule has 27 heavy (non-hydrogen) atoms. The third kappa shape index (κ3) is 5.61. The zero-order chi connectivity index (χ0) is 20.2. The highest BCUT2D eigenvalue weighted by molar-refractivity contribution is 7.92. The lowest BCUT2D eigenvalue weighted by Crippen LogP contribution is -2.41. The number of carbonyl (C=O) groups excluding carboxylic acids is 1. The Kier molecular flexibility index (Phi) is 6.73. The van der Waals surface area contributed by atoms with Crippen molar-refractivity contribution in [3.05, 3.63) is 58.6 Å². The summed E-state index contributed by atoms with van der Waals surface area (Å²) in [5, 5.41) is 3.08. The molecule has 8 heteroatoms. The highest BCUT2D eigenvalue weighted by Gasteiger charge is 2.22. The standard InChI is InChI=1S/C19H23ClN2O4S/c1-13-5-7-15(8-6-13)14(2)21-19(23)12-22(27(4,24)25)16-9-10-18(26-3)17(20)11-16/h5-11,14H,12H2,1-4H3,(H,21,23). The molecule has 0 aliphatic carbocycles. The summed E-state index contributed by atoms with van der Waals surface area (Å²) in [6.07, 6.45) is 1.04. The van der Waals surface area contributed by atoms with Gasteiger partial charge in [0.05, 0.1) is 30.1 Å². The number of nitrogens with one attached hydrogen (secondary N) is 1. The lowest BCUT2D eigenvalue weighted by Gasteiger charge is -2.23. The molecule has 2 aromatic rings. The molecule has 1 N–H and O–H groups in total. The number of hydrogen-bond donors (Lipinski definition) is 1. The monoisotopic (exact) mass is 410 g/mol. The Balaban J connectivity index is 2.17. The van der Waals surface area contributed by atoms with Gasteiger partial charge in [-0.15, -0.1) is 0 Å². The fraction of sp³-hybridized carbons (Fsp3) is 0.316. The molecule has 0 aromatic heterocycles. The molecular formula is C19H23ClN2O4S. The van der Waals surface area contributed by atoms with Crippen LogP contribution >= 0.6 is 11.6 Å². The van der Waals surface area contributed by atoms with Crippen LogP contribution in [0.25, 0.3) is 0 Å². The van der Waals surface area contributed by atoms with Crippen LogP contribution < -0.4 is 14.4 Å². The quantitative estimate of drug-likeness (QED) is 0.759. The number of aryl methyl sites for hydroxylation is 1. The number of anilines is 1. The van der Waals surface area contributed by atoms with Crippen LogP contribution in [0.15, 0.2) is 42.5 Å². The van der Waals surface area contributed by atoms with Crippen molar-refractivity contribution in [3.63, 3.8) is 0 Å². The minimum Gasteiger partial charge on any atom is -0.495 e. The number of carbonyl (C=O) groups is 1. The fourth-order valence-corrected chi connectivity index (χ4v) is 3.67. The second kappa shape index (κ2) is 8.63. The normalized spacial score (nSPS) is 12.3. The summed E-state index contributed by atoms with van der Waals surface area (Å²) in [5.41, 5.74) is 2.35. The average Bonchev–Trinajstić information content (AvgIpc) is 2.59. The van der Waals surface area contributed by atoms with Gasteiger partial charge in [-0.25, -0.2) is 8.42 Å². The van der Waals surface area contributed by atoms with Gasteiger partial charge in [0, 0.05) is 0 Å². The van der Waals surface area contributed by atoms with E-state index in [1.807, 2.05) is 38.1 Å². The summed E-state index contributed by atoms with van der Waals surface area (Å²) in [7, 11) is -2.21. The van der Waals surface area contributed by atoms with Gasteiger partial charge in [0.2, 0.25) is 15.9 Å². The predicted octanol–water partition coefficient (Wildman–Crippen LogP) is 3.30. The first-order valence-electron chi connectivity index (χ1n) is 8.29. The first kappa shape index (κ1) is 21.1. The van der Waals surface area contributed by atoms with Crippen molar-refractivity contribution in [1.82, 2.24) is 5.32 Å². The van der Waals surface area contributed by atoms with Gasteiger partial charge in [0.1, 0.15) is 12.3 Å². The van der Waals surface area contributed by atoms with E-state index in [9.17, 15) is 13.2 Å². The molecule has 1 amide bonds. The third-order valence-corrected chi connectivity index (χ3v) is 5.50. The van der Waals surface area contributed by atoms with Gasteiger partial charge >= 0.3 is 0 Å². The number of halogens is 1. The minimum atomic E-state index is -3.68. The Bertz CT molecular complexity index is 914. The van der Waals surface area contributed by atoms with Crippen LogP contribution in [0.5, 0.6) is 5.75 Å². The summed E-state index contributed by atoms with van der Waals surface area (Å²) in [6, 6.07) is 12.1. The Morgan fingerprint density at radius 2 is 1.85 bits per heavy atom. The molecule has 0 aliphatic heterocycles. The van der Waals surface area contributed by atoms with Gasteiger partial charge in [-0.05, 0) is 37.6 Å². The van der Waals surface area contributed by atoms with E-state index in [1.54, 1.807) is 12.1 Å². The molecular weight excluding hydrogens is 388 g/mol. The summed E-state index contributed by atoms with van der Waals surface area (Å²) >= 11 is 6.09. The van der Waals surface area contributed by atoms with Crippen LogP contribution in [0.3, 0.4) is 0 Å². The maximum atomic E-state index is 12.5. The Morgan fingerprint density at radius 1 is 1.22 bits per heavy atom. The van der Waals surface area contributed by atoms with E-state index in [4.69, 9.17) is 16.3 Å². The molecule has 0 aliphatic rings. The van der Waals surface area contributed by atoms with E-state index < -0.39 is 15.9 Å². The summed E-state index contributed by atoms with van der Waals surface area (Å²) in [4.78, 5) is 12.5. The first-order valence-corrected chi connectivity index (χ1v) is 10.5. The number of amides is 1. The predicted molar refractivity (Wildman–Crippen MR) is 108 cm³/mol. The molecule has 6 nitrogen and oxygen atoms in total. The molecule has 2 rings (SSSR count). The van der Waals surface area contributed by atoms with Crippen molar-refractivity contribution in [2.24, 2.45) is 0 Å². The second-order valence-electron chi connectivity index (χ2n) is 6.29. The third-order valence-electron chi connectivity index (χ3n) is 4.07. The molecule has 0 saturated carbocycles. The molecule has 2 aromatic carbocycles. The highest BCUT2D eigenvalue weighted by atomic mass is 35.5. The van der Waals surface area contributed by atoms with Gasteiger partial charge in [-0.2, -0.15) is 0 Å². The lowest BCUT2D eigenvalue weighted by molar-refractivity contribution is -0.120. The summed E-state index contributed by atoms with van der Waals surface area (Å²) < 4.78 is 30.5. The van der Waals surface area contributed by atoms with E-state index in [2.05, 4.69) is 5.32 Å². The van der Waals surface area contributed by atoms with Crippen LogP contribution in [-0.4, -0.2) is 34.2 Å². The van der Waals surface area contributed by atoms with E-state index in [0.29, 0.717) is 11.4 Å². The number of sulfonamides is 1. The van der Waals surface area contributed by atoms with Gasteiger partial charge in [0.15, 0.2) is 0 Å². The number of ether oxygens (including phenoxy) is 1. The molecule has 0 radical (unpaired) electrons. The largest absolute Gasteiger partial charge is 0.495 e. The van der Waals surface area contributed by atoms with Gasteiger partial charge < -0.3 is 10.1 Å². The number of methoxy groups -OCH3 is 1. The van der Waals surface area contributed by atoms with Gasteiger partial charge in [-0.3, -0.25) is 9.10 Å². The number of benzene rings is 2. The second-order valence-corrected chi connectivity index (χ2v) is 8.60. The van der Waals surface area contributed by atoms with E-state index in [0.717, 1.165) is 21.7 Å². The fourth-order valence-electron chi connectivity index (χ4n) is 2.57. The molecule has 1 atom stereocenters. The van der Waals surface area contributed by atoms with Crippen molar-refractivity contribution < 1.29 is 17.9 Å². The van der Waals surface area contributed by atoms with Crippen LogP contribution in [0.4, 0.5) is 5.69 Å². The Hall–Kier alpha value is -2.25. The average molecular weight is 411 g/mol.